The highest BCUT2D eigenvalue weighted by Gasteiger charge is 2.31. The van der Waals surface area contributed by atoms with Gasteiger partial charge in [0.2, 0.25) is 0 Å². The first-order valence-electron chi connectivity index (χ1n) is 14.7. The van der Waals surface area contributed by atoms with Crippen LogP contribution in [0.5, 0.6) is 5.75 Å². The lowest BCUT2D eigenvalue weighted by molar-refractivity contribution is -0.274. The lowest BCUT2D eigenvalue weighted by Gasteiger charge is -2.37. The number of carbonyl (C=O) groups excluding carboxylic acids is 1. The summed E-state index contributed by atoms with van der Waals surface area (Å²) >= 11 is 1.62. The maximum atomic E-state index is 13.0. The summed E-state index contributed by atoms with van der Waals surface area (Å²) in [6.07, 6.45) is -0.728. The zero-order chi connectivity index (χ0) is 32.1. The van der Waals surface area contributed by atoms with Crippen LogP contribution in [0.2, 0.25) is 0 Å². The number of halogens is 3. The molecule has 1 saturated heterocycles. The molecule has 2 heterocycles. The highest BCUT2D eigenvalue weighted by atomic mass is 32.2. The van der Waals surface area contributed by atoms with Gasteiger partial charge in [-0.15, -0.1) is 18.3 Å². The van der Waals surface area contributed by atoms with E-state index in [9.17, 15) is 18.0 Å². The quantitative estimate of drug-likeness (QED) is 0.212. The number of urea groups is 1. The van der Waals surface area contributed by atoms with E-state index >= 15 is 0 Å². The molecule has 1 fully saturated rings. The molecule has 0 aliphatic carbocycles. The molecule has 3 aromatic carbocycles. The molecule has 4 aromatic rings. The average molecular weight is 637 g/mol. The van der Waals surface area contributed by atoms with E-state index in [0.717, 1.165) is 58.1 Å². The molecule has 1 aliphatic heterocycles. The minimum absolute atomic E-state index is 0.0773. The fraction of sp³-hybridized carbons (Fsp3) is 0.333. The van der Waals surface area contributed by atoms with Gasteiger partial charge in [-0.2, -0.15) is 4.99 Å². The van der Waals surface area contributed by atoms with Gasteiger partial charge in [0.1, 0.15) is 12.1 Å². The molecule has 0 radical (unpaired) electrons. The number of carbonyl (C=O) groups is 1. The predicted octanol–water partition coefficient (Wildman–Crippen LogP) is 7.87. The van der Waals surface area contributed by atoms with E-state index < -0.39 is 6.36 Å². The fourth-order valence-electron chi connectivity index (χ4n) is 5.22. The van der Waals surface area contributed by atoms with E-state index in [1.165, 1.54) is 35.3 Å². The molecular weight excluding hydrogens is 601 g/mol. The Bertz CT molecular complexity index is 1630. The summed E-state index contributed by atoms with van der Waals surface area (Å²) in [7, 11) is 0. The fourth-order valence-corrected chi connectivity index (χ4v) is 6.42. The molecule has 2 amide bonds. The Hall–Kier alpha value is -4.32. The lowest BCUT2D eigenvalue weighted by Crippen LogP contribution is -2.43. The van der Waals surface area contributed by atoms with Crippen LogP contribution in [0.15, 0.2) is 78.0 Å². The number of hydrogen-bond acceptors (Lipinski definition) is 5. The summed E-state index contributed by atoms with van der Waals surface area (Å²) in [5.41, 5.74) is 5.90. The molecule has 12 heteroatoms. The minimum atomic E-state index is -4.74. The van der Waals surface area contributed by atoms with Gasteiger partial charge in [0.05, 0.1) is 5.69 Å². The van der Waals surface area contributed by atoms with Crippen molar-refractivity contribution in [2.45, 2.75) is 65.4 Å². The number of nitrogens with one attached hydrogen (secondary N) is 1. The molecule has 1 aromatic heterocycles. The van der Waals surface area contributed by atoms with Gasteiger partial charge in [-0.3, -0.25) is 0 Å². The second kappa shape index (κ2) is 13.8. The number of rotatable bonds is 8. The van der Waals surface area contributed by atoms with Crippen molar-refractivity contribution < 1.29 is 22.7 Å². The van der Waals surface area contributed by atoms with Crippen LogP contribution in [-0.4, -0.2) is 50.2 Å². The van der Waals surface area contributed by atoms with Crippen molar-refractivity contribution in [2.75, 3.05) is 10.7 Å². The van der Waals surface area contributed by atoms with E-state index in [1.807, 2.05) is 37.3 Å². The van der Waals surface area contributed by atoms with Crippen LogP contribution in [0.4, 0.5) is 23.7 Å². The largest absolute Gasteiger partial charge is 0.573 e. The summed E-state index contributed by atoms with van der Waals surface area (Å²) in [4.78, 5) is 24.0. The van der Waals surface area contributed by atoms with E-state index in [4.69, 9.17) is 0 Å². The number of aryl methyl sites for hydroxylation is 3. The van der Waals surface area contributed by atoms with Gasteiger partial charge in [0.25, 0.3) is 0 Å². The van der Waals surface area contributed by atoms with Gasteiger partial charge in [-0.05, 0) is 87.9 Å². The molecule has 2 unspecified atom stereocenters. The second-order valence-corrected chi connectivity index (χ2v) is 12.2. The van der Waals surface area contributed by atoms with E-state index in [1.54, 1.807) is 11.8 Å². The number of hydrogen-bond donors (Lipinski definition) is 1. The van der Waals surface area contributed by atoms with Crippen molar-refractivity contribution in [3.8, 4) is 22.8 Å². The molecule has 236 valence electrons. The third kappa shape index (κ3) is 8.24. The lowest BCUT2D eigenvalue weighted by atomic mass is 10.0. The molecule has 1 aliphatic rings. The predicted molar refractivity (Wildman–Crippen MR) is 172 cm³/mol. The smallest absolute Gasteiger partial charge is 0.406 e. The molecule has 45 heavy (non-hydrogen) atoms. The Kier molecular flexibility index (Phi) is 9.81. The Labute approximate surface area is 264 Å². The van der Waals surface area contributed by atoms with Crippen LogP contribution < -0.4 is 15.0 Å². The molecule has 0 spiro atoms. The molecule has 0 saturated carbocycles. The zero-order valence-electron chi connectivity index (χ0n) is 25.5. The number of amidine groups is 1. The van der Waals surface area contributed by atoms with Crippen molar-refractivity contribution in [3.63, 3.8) is 0 Å². The van der Waals surface area contributed by atoms with Crippen LogP contribution in [0.25, 0.3) is 17.1 Å². The molecule has 2 atom stereocenters. The zero-order valence-corrected chi connectivity index (χ0v) is 26.3. The summed E-state index contributed by atoms with van der Waals surface area (Å²) in [5, 5.41) is 8.22. The number of aromatic nitrogens is 3. The Balaban J connectivity index is 1.16. The minimum Gasteiger partial charge on any atom is -0.406 e. The Morgan fingerprint density at radius 2 is 1.78 bits per heavy atom. The van der Waals surface area contributed by atoms with Crippen LogP contribution in [0, 0.1) is 13.8 Å². The summed E-state index contributed by atoms with van der Waals surface area (Å²) in [5.74, 6) is 1.10. The highest BCUT2D eigenvalue weighted by molar-refractivity contribution is 8.14. The van der Waals surface area contributed by atoms with Crippen molar-refractivity contribution in [1.29, 1.82) is 0 Å². The van der Waals surface area contributed by atoms with E-state index in [-0.39, 0.29) is 23.9 Å². The van der Waals surface area contributed by atoms with E-state index in [0.29, 0.717) is 11.5 Å². The molecule has 8 nitrogen and oxygen atoms in total. The number of alkyl halides is 3. The highest BCUT2D eigenvalue weighted by Crippen LogP contribution is 2.34. The maximum absolute atomic E-state index is 13.0. The first kappa shape index (κ1) is 32.1. The Morgan fingerprint density at radius 3 is 2.44 bits per heavy atom. The third-order valence-corrected chi connectivity index (χ3v) is 8.55. The number of para-hydroxylation sites is 1. The van der Waals surface area contributed by atoms with Crippen LogP contribution in [-0.2, 0) is 6.42 Å². The first-order valence-corrected chi connectivity index (χ1v) is 15.7. The number of anilines is 1. The standard InChI is InChI=1S/C33H35F3N6O2S/c1-21-6-5-7-22(2)29(21)42-24(4)18-19-45-32(42)39-31(43)38-23(3)8-9-25-10-12-26(13-11-25)30-37-20-41(40-30)27-14-16-28(17-15-27)44-33(34,35)36/h5-7,10-17,20,23-24H,8-9,18-19H2,1-4H3,(H,38,43)/b39-32-. The number of benzene rings is 3. The monoisotopic (exact) mass is 636 g/mol. The third-order valence-electron chi connectivity index (χ3n) is 7.57. The Morgan fingerprint density at radius 1 is 1.09 bits per heavy atom. The van der Waals surface area contributed by atoms with Crippen molar-refractivity contribution >= 4 is 28.6 Å². The number of aliphatic imine (C=N–C) groups is 1. The molecular formula is C33H35F3N6O2S. The molecule has 1 N–H and O–H groups in total. The van der Waals surface area contributed by atoms with Crippen molar-refractivity contribution in [2.24, 2.45) is 4.99 Å². The number of ether oxygens (including phenoxy) is 1. The van der Waals surface area contributed by atoms with Crippen LogP contribution in [0.1, 0.15) is 43.4 Å². The number of amides is 2. The summed E-state index contributed by atoms with van der Waals surface area (Å²) in [6.45, 7) is 8.33. The van der Waals surface area contributed by atoms with Crippen molar-refractivity contribution in [1.82, 2.24) is 20.1 Å². The average Bonchev–Trinajstić information content (AvgIpc) is 3.47. The van der Waals surface area contributed by atoms with Gasteiger partial charge >= 0.3 is 12.4 Å². The van der Waals surface area contributed by atoms with Gasteiger partial charge < -0.3 is 15.0 Å². The summed E-state index contributed by atoms with van der Waals surface area (Å²) < 4.78 is 42.7. The number of nitrogens with zero attached hydrogens (tertiary/aromatic N) is 5. The summed E-state index contributed by atoms with van der Waals surface area (Å²) in [6, 6.07) is 19.3. The van der Waals surface area contributed by atoms with Gasteiger partial charge in [-0.1, -0.05) is 54.2 Å². The molecule has 5 rings (SSSR count). The van der Waals surface area contributed by atoms with Gasteiger partial charge in [-0.25, -0.2) is 14.5 Å². The topological polar surface area (TPSA) is 84.6 Å². The molecule has 0 bridgehead atoms. The number of thioether (sulfide) groups is 1. The van der Waals surface area contributed by atoms with E-state index in [2.05, 4.69) is 62.9 Å². The van der Waals surface area contributed by atoms with Crippen LogP contribution >= 0.6 is 11.8 Å². The second-order valence-electron chi connectivity index (χ2n) is 11.1. The maximum Gasteiger partial charge on any atom is 0.573 e. The first-order chi connectivity index (χ1) is 21.5. The SMILES string of the molecule is Cc1cccc(C)c1N1/C(=N/C(=O)NC(C)CCc2ccc(-c3ncn(-c4ccc(OC(F)(F)F)cc4)n3)cc2)SCCC1C. The van der Waals surface area contributed by atoms with Gasteiger partial charge in [0, 0.05) is 29.1 Å². The van der Waals surface area contributed by atoms with Crippen LogP contribution in [0.3, 0.4) is 0 Å². The normalized spacial score (nSPS) is 16.9. The van der Waals surface area contributed by atoms with Crippen molar-refractivity contribution in [3.05, 3.63) is 89.7 Å². The van der Waals surface area contributed by atoms with Gasteiger partial charge in [0.15, 0.2) is 11.0 Å².